The van der Waals surface area contributed by atoms with E-state index < -0.39 is 17.9 Å². The van der Waals surface area contributed by atoms with Crippen LogP contribution in [0.3, 0.4) is 0 Å². The number of carboxylic acids is 1. The minimum atomic E-state index is -1.07. The van der Waals surface area contributed by atoms with E-state index in [2.05, 4.69) is 16.0 Å². The van der Waals surface area contributed by atoms with E-state index in [-0.39, 0.29) is 23.7 Å². The molecule has 1 aliphatic heterocycles. The predicted octanol–water partition coefficient (Wildman–Crippen LogP) is 3.28. The molecule has 0 aliphatic carbocycles. The molecular weight excluding hydrogens is 474 g/mol. The van der Waals surface area contributed by atoms with E-state index in [0.29, 0.717) is 41.8 Å². The van der Waals surface area contributed by atoms with E-state index in [1.165, 1.54) is 11.8 Å². The number of thiocarbonyl (C=S) groups is 1. The van der Waals surface area contributed by atoms with Crippen molar-refractivity contribution in [2.45, 2.75) is 31.3 Å². The molecule has 0 spiro atoms. The number of ether oxygens (including phenoxy) is 1. The maximum Gasteiger partial charge on any atom is 0.326 e. The van der Waals surface area contributed by atoms with Crippen LogP contribution in [0.25, 0.3) is 11.1 Å². The monoisotopic (exact) mass is 501 g/mol. The van der Waals surface area contributed by atoms with E-state index in [9.17, 15) is 19.5 Å². The quantitative estimate of drug-likeness (QED) is 0.367. The Labute approximate surface area is 207 Å². The van der Waals surface area contributed by atoms with Crippen molar-refractivity contribution in [3.63, 3.8) is 0 Å². The van der Waals surface area contributed by atoms with Gasteiger partial charge in [0.1, 0.15) is 12.6 Å². The van der Waals surface area contributed by atoms with Gasteiger partial charge in [0.05, 0.1) is 6.04 Å². The fraction of sp³-hybridized carbons (Fsp3) is 0.333. The normalized spacial score (nSPS) is 15.8. The highest BCUT2D eigenvalue weighted by Gasteiger charge is 2.23. The lowest BCUT2D eigenvalue weighted by Crippen LogP contribution is -2.41. The van der Waals surface area contributed by atoms with Crippen molar-refractivity contribution >= 4 is 52.6 Å². The average Bonchev–Trinajstić information content (AvgIpc) is 3.25. The molecule has 2 atom stereocenters. The first-order chi connectivity index (χ1) is 16.4. The molecule has 8 nitrogen and oxygen atoms in total. The number of anilines is 1. The van der Waals surface area contributed by atoms with Gasteiger partial charge in [0.15, 0.2) is 0 Å². The van der Waals surface area contributed by atoms with Crippen molar-refractivity contribution in [2.24, 2.45) is 0 Å². The molecule has 1 saturated heterocycles. The van der Waals surface area contributed by atoms with E-state index in [0.717, 1.165) is 5.56 Å². The summed E-state index contributed by atoms with van der Waals surface area (Å²) >= 11 is 6.80. The molecule has 0 radical (unpaired) electrons. The van der Waals surface area contributed by atoms with Crippen LogP contribution in [0, 0.1) is 0 Å². The van der Waals surface area contributed by atoms with E-state index in [4.69, 9.17) is 17.0 Å². The number of amides is 2. The number of hydrogen-bond donors (Lipinski definition) is 4. The second-order valence-electron chi connectivity index (χ2n) is 7.80. The van der Waals surface area contributed by atoms with E-state index in [1.54, 1.807) is 18.2 Å². The molecule has 10 heteroatoms. The standard InChI is InChI=1S/C24H27N3O5S2/c1-34-12-11-20(23(30)31)27-22(29)18-9-7-16(13-19(18)15-5-3-2-4-6-15)26-24(33)32-14-17-8-10-21(28)25-17/h2-7,9,13,17,20H,8,10-12,14H2,1H3,(H,25,28)(H,26,33)(H,27,29)(H,30,31)/t17-,20-/m0/s1. The van der Waals surface area contributed by atoms with Crippen LogP contribution in [0.1, 0.15) is 29.6 Å². The second kappa shape index (κ2) is 12.4. The lowest BCUT2D eigenvalue weighted by molar-refractivity contribution is -0.139. The van der Waals surface area contributed by atoms with Crippen molar-refractivity contribution in [1.82, 2.24) is 10.6 Å². The third-order valence-corrected chi connectivity index (χ3v) is 6.17. The summed E-state index contributed by atoms with van der Waals surface area (Å²) in [6.45, 7) is 0.274. The highest BCUT2D eigenvalue weighted by Crippen LogP contribution is 2.27. The van der Waals surface area contributed by atoms with Crippen LogP contribution in [-0.4, -0.2) is 58.8 Å². The summed E-state index contributed by atoms with van der Waals surface area (Å²) in [5, 5.41) is 18.1. The van der Waals surface area contributed by atoms with Gasteiger partial charge < -0.3 is 25.8 Å². The zero-order valence-electron chi connectivity index (χ0n) is 18.7. The molecule has 0 aromatic heterocycles. The van der Waals surface area contributed by atoms with Crippen LogP contribution >= 0.6 is 24.0 Å². The molecule has 1 fully saturated rings. The zero-order chi connectivity index (χ0) is 24.5. The zero-order valence-corrected chi connectivity index (χ0v) is 20.3. The lowest BCUT2D eigenvalue weighted by atomic mass is 9.98. The summed E-state index contributed by atoms with van der Waals surface area (Å²) in [5.74, 6) is -0.904. The number of rotatable bonds is 10. The number of benzene rings is 2. The summed E-state index contributed by atoms with van der Waals surface area (Å²) in [4.78, 5) is 36.0. The Morgan fingerprint density at radius 1 is 1.26 bits per heavy atom. The van der Waals surface area contributed by atoms with Gasteiger partial charge in [0.25, 0.3) is 11.1 Å². The third-order valence-electron chi connectivity index (χ3n) is 5.31. The summed E-state index contributed by atoms with van der Waals surface area (Å²) in [6, 6.07) is 13.4. The topological polar surface area (TPSA) is 117 Å². The number of carboxylic acid groups (broad SMARTS) is 1. The van der Waals surface area contributed by atoms with Crippen molar-refractivity contribution in [3.8, 4) is 11.1 Å². The van der Waals surface area contributed by atoms with Crippen LogP contribution in [-0.2, 0) is 14.3 Å². The smallest absolute Gasteiger partial charge is 0.326 e. The number of hydrogen-bond acceptors (Lipinski definition) is 6. The van der Waals surface area contributed by atoms with Crippen LogP contribution in [0.2, 0.25) is 0 Å². The molecule has 3 rings (SSSR count). The van der Waals surface area contributed by atoms with Crippen LogP contribution in [0.4, 0.5) is 5.69 Å². The van der Waals surface area contributed by atoms with Crippen LogP contribution in [0.5, 0.6) is 0 Å². The molecule has 4 N–H and O–H groups in total. The average molecular weight is 502 g/mol. The fourth-order valence-corrected chi connectivity index (χ4v) is 4.20. The maximum absolute atomic E-state index is 13.0. The van der Waals surface area contributed by atoms with Crippen molar-refractivity contribution in [1.29, 1.82) is 0 Å². The van der Waals surface area contributed by atoms with Gasteiger partial charge in [-0.05, 0) is 66.4 Å². The molecule has 34 heavy (non-hydrogen) atoms. The third kappa shape index (κ3) is 7.19. The van der Waals surface area contributed by atoms with Crippen LogP contribution < -0.4 is 16.0 Å². The first kappa shape index (κ1) is 25.5. The number of carbonyl (C=O) groups excluding carboxylic acids is 2. The minimum absolute atomic E-state index is 0.00688. The van der Waals surface area contributed by atoms with Gasteiger partial charge in [-0.2, -0.15) is 11.8 Å². The fourth-order valence-electron chi connectivity index (χ4n) is 3.54. The molecule has 1 aliphatic rings. The molecular formula is C24H27N3O5S2. The first-order valence-corrected chi connectivity index (χ1v) is 12.6. The Bertz CT molecular complexity index is 1050. The molecule has 0 unspecified atom stereocenters. The molecule has 1 heterocycles. The number of aliphatic carboxylic acids is 1. The molecule has 2 aromatic rings. The molecule has 0 bridgehead atoms. The maximum atomic E-state index is 13.0. The molecule has 2 aromatic carbocycles. The SMILES string of the molecule is CSCC[C@H](NC(=O)c1ccc(NC(=S)OC[C@@H]2CCC(=O)N2)cc1-c1ccccc1)C(=O)O. The first-order valence-electron chi connectivity index (χ1n) is 10.8. The summed E-state index contributed by atoms with van der Waals surface area (Å²) < 4.78 is 5.58. The lowest BCUT2D eigenvalue weighted by Gasteiger charge is -2.18. The van der Waals surface area contributed by atoms with Gasteiger partial charge in [-0.25, -0.2) is 4.79 Å². The van der Waals surface area contributed by atoms with Gasteiger partial charge in [-0.3, -0.25) is 9.59 Å². The molecule has 0 saturated carbocycles. The Kier molecular flexibility index (Phi) is 9.29. The van der Waals surface area contributed by atoms with Crippen molar-refractivity contribution in [2.75, 3.05) is 23.9 Å². The van der Waals surface area contributed by atoms with Gasteiger partial charge >= 0.3 is 5.97 Å². The Hall–Kier alpha value is -3.11. The van der Waals surface area contributed by atoms with Gasteiger partial charge in [-0.1, -0.05) is 30.3 Å². The van der Waals surface area contributed by atoms with Crippen molar-refractivity contribution < 1.29 is 24.2 Å². The van der Waals surface area contributed by atoms with Gasteiger partial charge in [0.2, 0.25) is 5.91 Å². The number of nitrogens with one attached hydrogen (secondary N) is 3. The molecule has 180 valence electrons. The van der Waals surface area contributed by atoms with Crippen molar-refractivity contribution in [3.05, 3.63) is 54.1 Å². The Balaban J connectivity index is 1.76. The van der Waals surface area contributed by atoms with E-state index >= 15 is 0 Å². The van der Waals surface area contributed by atoms with E-state index in [1.807, 2.05) is 36.6 Å². The summed E-state index contributed by atoms with van der Waals surface area (Å²) in [6.07, 6.45) is 3.41. The Morgan fingerprint density at radius 3 is 2.68 bits per heavy atom. The predicted molar refractivity (Wildman–Crippen MR) is 137 cm³/mol. The highest BCUT2D eigenvalue weighted by molar-refractivity contribution is 7.98. The Morgan fingerprint density at radius 2 is 2.03 bits per heavy atom. The number of carbonyl (C=O) groups is 3. The summed E-state index contributed by atoms with van der Waals surface area (Å²) in [5.41, 5.74) is 2.40. The summed E-state index contributed by atoms with van der Waals surface area (Å²) in [7, 11) is 0. The van der Waals surface area contributed by atoms with Crippen LogP contribution in [0.15, 0.2) is 48.5 Å². The largest absolute Gasteiger partial charge is 0.480 e. The van der Waals surface area contributed by atoms with Gasteiger partial charge in [0, 0.05) is 17.7 Å². The highest BCUT2D eigenvalue weighted by atomic mass is 32.2. The minimum Gasteiger partial charge on any atom is -0.480 e. The molecule has 2 amide bonds. The van der Waals surface area contributed by atoms with Gasteiger partial charge in [-0.15, -0.1) is 0 Å². The number of thioether (sulfide) groups is 1. The second-order valence-corrected chi connectivity index (χ2v) is 9.16.